The van der Waals surface area contributed by atoms with Gasteiger partial charge in [0.25, 0.3) is 5.91 Å². The molecule has 2 N–H and O–H groups in total. The highest BCUT2D eigenvalue weighted by Crippen LogP contribution is 2.19. The van der Waals surface area contributed by atoms with Crippen molar-refractivity contribution in [3.8, 4) is 0 Å². The number of hydrogen-bond acceptors (Lipinski definition) is 3. The highest BCUT2D eigenvalue weighted by atomic mass is 16.2. The maximum atomic E-state index is 12.2. The molecule has 0 aliphatic carbocycles. The second-order valence-corrected chi connectivity index (χ2v) is 6.07. The fraction of sp³-hybridized carbons (Fsp3) is 0.143. The molecule has 25 heavy (non-hydrogen) atoms. The molecule has 126 valence electrons. The number of hydrogen-bond donors (Lipinski definition) is 2. The minimum atomic E-state index is -0.392. The first kappa shape index (κ1) is 16.7. The maximum absolute atomic E-state index is 12.2. The number of fused-ring (bicyclic) bond motifs is 1. The van der Waals surface area contributed by atoms with Gasteiger partial charge in [-0.3, -0.25) is 4.79 Å². The van der Waals surface area contributed by atoms with Gasteiger partial charge >= 0.3 is 0 Å². The van der Waals surface area contributed by atoms with Crippen LogP contribution in [-0.4, -0.2) is 18.2 Å². The molecule has 1 atom stereocenters. The third-order valence-electron chi connectivity index (χ3n) is 3.99. The van der Waals surface area contributed by atoms with E-state index in [9.17, 15) is 4.79 Å². The van der Waals surface area contributed by atoms with Crippen LogP contribution >= 0.6 is 0 Å². The van der Waals surface area contributed by atoms with Crippen molar-refractivity contribution in [3.05, 3.63) is 77.9 Å². The Labute approximate surface area is 147 Å². The molecule has 0 radical (unpaired) electrons. The van der Waals surface area contributed by atoms with Crippen molar-refractivity contribution in [2.75, 3.05) is 5.32 Å². The molecule has 0 aliphatic heterocycles. The first-order valence-corrected chi connectivity index (χ1v) is 8.27. The molecule has 0 aromatic heterocycles. The Hall–Kier alpha value is -3.14. The smallest absolute Gasteiger partial charge is 0.262 e. The predicted octanol–water partition coefficient (Wildman–Crippen LogP) is 4.10. The van der Waals surface area contributed by atoms with Crippen LogP contribution < -0.4 is 10.7 Å². The van der Waals surface area contributed by atoms with E-state index in [0.717, 1.165) is 16.6 Å². The second-order valence-electron chi connectivity index (χ2n) is 6.07. The fourth-order valence-corrected chi connectivity index (χ4v) is 2.51. The molecule has 4 nitrogen and oxygen atoms in total. The number of aryl methyl sites for hydroxylation is 1. The van der Waals surface area contributed by atoms with Crippen molar-refractivity contribution in [2.45, 2.75) is 19.9 Å². The van der Waals surface area contributed by atoms with Crippen molar-refractivity contribution >= 4 is 28.6 Å². The summed E-state index contributed by atoms with van der Waals surface area (Å²) in [5.74, 6) is -0.184. The van der Waals surface area contributed by atoms with Gasteiger partial charge in [-0.25, -0.2) is 5.43 Å². The molecule has 0 fully saturated rings. The standard InChI is InChI=1S/C21H21N3O/c1-15-7-9-17(10-8-15)14-22-24-21(25)16(2)23-20-12-11-18-5-3-4-6-19(18)13-20/h3-14,16,23H,1-2H3,(H,24,25)/b22-14-/t16-/m0/s1. The topological polar surface area (TPSA) is 53.5 Å². The van der Waals surface area contributed by atoms with Gasteiger partial charge in [-0.05, 0) is 42.3 Å². The summed E-state index contributed by atoms with van der Waals surface area (Å²) >= 11 is 0. The Morgan fingerprint density at radius 3 is 2.48 bits per heavy atom. The van der Waals surface area contributed by atoms with Crippen LogP contribution in [0.5, 0.6) is 0 Å². The minimum Gasteiger partial charge on any atom is -0.374 e. The van der Waals surface area contributed by atoms with E-state index in [-0.39, 0.29) is 5.91 Å². The third kappa shape index (κ3) is 4.44. The predicted molar refractivity (Wildman–Crippen MR) is 104 cm³/mol. The van der Waals surface area contributed by atoms with Crippen LogP contribution in [0.1, 0.15) is 18.1 Å². The molecular weight excluding hydrogens is 310 g/mol. The lowest BCUT2D eigenvalue weighted by atomic mass is 10.1. The number of nitrogens with one attached hydrogen (secondary N) is 2. The Balaban J connectivity index is 1.58. The van der Waals surface area contributed by atoms with E-state index >= 15 is 0 Å². The monoisotopic (exact) mass is 331 g/mol. The van der Waals surface area contributed by atoms with E-state index in [1.54, 1.807) is 6.21 Å². The Kier molecular flexibility index (Phi) is 5.09. The first-order valence-electron chi connectivity index (χ1n) is 8.27. The quantitative estimate of drug-likeness (QED) is 0.546. The third-order valence-corrected chi connectivity index (χ3v) is 3.99. The lowest BCUT2D eigenvalue weighted by molar-refractivity contribution is -0.121. The van der Waals surface area contributed by atoms with Gasteiger partial charge < -0.3 is 5.32 Å². The van der Waals surface area contributed by atoms with E-state index in [0.29, 0.717) is 0 Å². The first-order chi connectivity index (χ1) is 12.1. The Morgan fingerprint density at radius 1 is 1.00 bits per heavy atom. The van der Waals surface area contributed by atoms with Crippen molar-refractivity contribution in [3.63, 3.8) is 0 Å². The van der Waals surface area contributed by atoms with Gasteiger partial charge in [0.15, 0.2) is 0 Å². The van der Waals surface area contributed by atoms with E-state index in [4.69, 9.17) is 0 Å². The zero-order valence-electron chi connectivity index (χ0n) is 14.4. The van der Waals surface area contributed by atoms with Gasteiger partial charge in [-0.1, -0.05) is 60.2 Å². The minimum absolute atomic E-state index is 0.184. The molecule has 0 unspecified atom stereocenters. The number of carbonyl (C=O) groups is 1. The second kappa shape index (κ2) is 7.62. The fourth-order valence-electron chi connectivity index (χ4n) is 2.51. The molecule has 3 aromatic carbocycles. The highest BCUT2D eigenvalue weighted by molar-refractivity contribution is 5.89. The highest BCUT2D eigenvalue weighted by Gasteiger charge is 2.11. The summed E-state index contributed by atoms with van der Waals surface area (Å²) in [6.45, 7) is 3.84. The van der Waals surface area contributed by atoms with Crippen LogP contribution in [0.25, 0.3) is 10.8 Å². The molecule has 0 bridgehead atoms. The van der Waals surface area contributed by atoms with Crippen LogP contribution in [0.15, 0.2) is 71.8 Å². The average molecular weight is 331 g/mol. The molecule has 3 aromatic rings. The van der Waals surface area contributed by atoms with Crippen molar-refractivity contribution in [1.29, 1.82) is 0 Å². The van der Waals surface area contributed by atoms with Crippen LogP contribution in [0.2, 0.25) is 0 Å². The summed E-state index contributed by atoms with van der Waals surface area (Å²) in [6, 6.07) is 21.7. The van der Waals surface area contributed by atoms with Crippen LogP contribution in [0, 0.1) is 6.92 Å². The molecule has 1 amide bonds. The molecular formula is C21H21N3O. The number of anilines is 1. The lowest BCUT2D eigenvalue weighted by Crippen LogP contribution is -2.34. The Morgan fingerprint density at radius 2 is 1.72 bits per heavy atom. The largest absolute Gasteiger partial charge is 0.374 e. The summed E-state index contributed by atoms with van der Waals surface area (Å²) < 4.78 is 0. The summed E-state index contributed by atoms with van der Waals surface area (Å²) in [7, 11) is 0. The molecule has 0 aliphatic rings. The summed E-state index contributed by atoms with van der Waals surface area (Å²) in [4.78, 5) is 12.2. The van der Waals surface area contributed by atoms with Crippen molar-refractivity contribution in [2.24, 2.45) is 5.10 Å². The molecule has 0 saturated heterocycles. The average Bonchev–Trinajstić information content (AvgIpc) is 2.63. The summed E-state index contributed by atoms with van der Waals surface area (Å²) in [5, 5.41) is 9.53. The normalized spacial score (nSPS) is 12.2. The van der Waals surface area contributed by atoms with Crippen molar-refractivity contribution < 1.29 is 4.79 Å². The van der Waals surface area contributed by atoms with Gasteiger partial charge in [0.05, 0.1) is 6.21 Å². The van der Waals surface area contributed by atoms with Crippen LogP contribution in [-0.2, 0) is 4.79 Å². The van der Waals surface area contributed by atoms with E-state index in [1.807, 2.05) is 68.4 Å². The molecule has 0 heterocycles. The number of carbonyl (C=O) groups excluding carboxylic acids is 1. The summed E-state index contributed by atoms with van der Waals surface area (Å²) in [6.07, 6.45) is 1.64. The number of benzene rings is 3. The summed E-state index contributed by atoms with van der Waals surface area (Å²) in [5.41, 5.74) is 5.61. The van der Waals surface area contributed by atoms with Crippen molar-refractivity contribution in [1.82, 2.24) is 5.43 Å². The zero-order chi connectivity index (χ0) is 17.6. The van der Waals surface area contributed by atoms with E-state index in [2.05, 4.69) is 28.0 Å². The van der Waals surface area contributed by atoms with Gasteiger partial charge in [0, 0.05) is 5.69 Å². The molecule has 0 spiro atoms. The van der Waals surface area contributed by atoms with Gasteiger partial charge in [0.2, 0.25) is 0 Å². The van der Waals surface area contributed by atoms with Gasteiger partial charge in [-0.2, -0.15) is 5.10 Å². The molecule has 3 rings (SSSR count). The van der Waals surface area contributed by atoms with E-state index in [1.165, 1.54) is 10.9 Å². The lowest BCUT2D eigenvalue weighted by Gasteiger charge is -2.14. The SMILES string of the molecule is Cc1ccc(/C=N\NC(=O)[C@H](C)Nc2ccc3ccccc3c2)cc1. The van der Waals surface area contributed by atoms with E-state index < -0.39 is 6.04 Å². The maximum Gasteiger partial charge on any atom is 0.262 e. The number of nitrogens with zero attached hydrogens (tertiary/aromatic N) is 1. The number of rotatable bonds is 5. The Bertz CT molecular complexity index is 900. The zero-order valence-corrected chi connectivity index (χ0v) is 14.4. The number of amides is 1. The number of hydrazone groups is 1. The van der Waals surface area contributed by atoms with Crippen LogP contribution in [0.3, 0.4) is 0 Å². The van der Waals surface area contributed by atoms with Gasteiger partial charge in [-0.15, -0.1) is 0 Å². The van der Waals surface area contributed by atoms with Crippen LogP contribution in [0.4, 0.5) is 5.69 Å². The molecule has 4 heteroatoms. The van der Waals surface area contributed by atoms with Gasteiger partial charge in [0.1, 0.15) is 6.04 Å². The molecule has 0 saturated carbocycles.